The standard InChI is InChI=1S/C13H22N6O/c1-13(3-4-13)9-15-11-16-10(14-2)17-12(18-11)19-5-7-20-8-6-19/h3-9H2,1-2H3,(H2,14,15,16,17,18). The average molecular weight is 278 g/mol. The highest BCUT2D eigenvalue weighted by Crippen LogP contribution is 2.44. The fourth-order valence-electron chi connectivity index (χ4n) is 2.14. The molecule has 0 amide bonds. The summed E-state index contributed by atoms with van der Waals surface area (Å²) >= 11 is 0. The third-order valence-corrected chi connectivity index (χ3v) is 3.92. The van der Waals surface area contributed by atoms with Crippen LogP contribution in [0.5, 0.6) is 0 Å². The first-order valence-electron chi connectivity index (χ1n) is 7.19. The van der Waals surface area contributed by atoms with Gasteiger partial charge in [-0.3, -0.25) is 0 Å². The summed E-state index contributed by atoms with van der Waals surface area (Å²) in [4.78, 5) is 15.5. The summed E-state index contributed by atoms with van der Waals surface area (Å²) in [5, 5.41) is 6.34. The average Bonchev–Trinajstić information content (AvgIpc) is 3.24. The fraction of sp³-hybridized carbons (Fsp3) is 0.769. The number of aromatic nitrogens is 3. The maximum Gasteiger partial charge on any atom is 0.232 e. The van der Waals surface area contributed by atoms with Crippen molar-refractivity contribution in [3.05, 3.63) is 0 Å². The third kappa shape index (κ3) is 3.09. The van der Waals surface area contributed by atoms with E-state index in [9.17, 15) is 0 Å². The van der Waals surface area contributed by atoms with Gasteiger partial charge in [-0.05, 0) is 18.3 Å². The van der Waals surface area contributed by atoms with Crippen LogP contribution >= 0.6 is 0 Å². The van der Waals surface area contributed by atoms with Crippen LogP contribution in [0.1, 0.15) is 19.8 Å². The van der Waals surface area contributed by atoms with Crippen molar-refractivity contribution in [3.8, 4) is 0 Å². The lowest BCUT2D eigenvalue weighted by molar-refractivity contribution is 0.122. The zero-order valence-electron chi connectivity index (χ0n) is 12.1. The van der Waals surface area contributed by atoms with E-state index in [4.69, 9.17) is 4.74 Å². The first-order valence-corrected chi connectivity index (χ1v) is 7.19. The molecule has 0 unspecified atom stereocenters. The molecule has 0 spiro atoms. The molecule has 2 aliphatic rings. The molecule has 2 heterocycles. The van der Waals surface area contributed by atoms with Crippen LogP contribution in [0.15, 0.2) is 0 Å². The van der Waals surface area contributed by atoms with Gasteiger partial charge in [-0.1, -0.05) is 6.92 Å². The van der Waals surface area contributed by atoms with Crippen molar-refractivity contribution < 1.29 is 4.74 Å². The van der Waals surface area contributed by atoms with Gasteiger partial charge >= 0.3 is 0 Å². The Balaban J connectivity index is 1.74. The first-order chi connectivity index (χ1) is 9.68. The Labute approximate surface area is 119 Å². The van der Waals surface area contributed by atoms with E-state index in [1.807, 2.05) is 7.05 Å². The van der Waals surface area contributed by atoms with Crippen LogP contribution in [-0.2, 0) is 4.74 Å². The summed E-state index contributed by atoms with van der Waals surface area (Å²) in [5.74, 6) is 1.97. The fourth-order valence-corrected chi connectivity index (χ4v) is 2.14. The van der Waals surface area contributed by atoms with Gasteiger partial charge in [0, 0.05) is 26.7 Å². The molecule has 20 heavy (non-hydrogen) atoms. The van der Waals surface area contributed by atoms with Gasteiger partial charge in [0.25, 0.3) is 0 Å². The molecular formula is C13H22N6O. The number of rotatable bonds is 5. The molecule has 3 rings (SSSR count). The number of ether oxygens (including phenoxy) is 1. The minimum absolute atomic E-state index is 0.422. The zero-order valence-corrected chi connectivity index (χ0v) is 12.1. The summed E-state index contributed by atoms with van der Waals surface area (Å²) in [6.45, 7) is 6.29. The molecule has 1 aliphatic carbocycles. The summed E-state index contributed by atoms with van der Waals surface area (Å²) in [6.07, 6.45) is 2.56. The van der Waals surface area contributed by atoms with Crippen molar-refractivity contribution in [3.63, 3.8) is 0 Å². The quantitative estimate of drug-likeness (QED) is 0.831. The molecule has 7 heteroatoms. The SMILES string of the molecule is CNc1nc(NCC2(C)CC2)nc(N2CCOCC2)n1. The van der Waals surface area contributed by atoms with E-state index in [0.29, 0.717) is 17.3 Å². The Morgan fingerprint density at radius 1 is 1.15 bits per heavy atom. The van der Waals surface area contributed by atoms with E-state index in [1.54, 1.807) is 0 Å². The van der Waals surface area contributed by atoms with Crippen LogP contribution < -0.4 is 15.5 Å². The monoisotopic (exact) mass is 278 g/mol. The number of anilines is 3. The zero-order chi connectivity index (χ0) is 14.0. The third-order valence-electron chi connectivity index (χ3n) is 3.92. The van der Waals surface area contributed by atoms with Crippen molar-refractivity contribution in [1.82, 2.24) is 15.0 Å². The Morgan fingerprint density at radius 2 is 1.85 bits per heavy atom. The predicted octanol–water partition coefficient (Wildman–Crippen LogP) is 0.962. The molecule has 0 aromatic carbocycles. The van der Waals surface area contributed by atoms with E-state index < -0.39 is 0 Å². The van der Waals surface area contributed by atoms with Gasteiger partial charge in [-0.25, -0.2) is 0 Å². The number of nitrogens with one attached hydrogen (secondary N) is 2. The Bertz CT molecular complexity index is 470. The van der Waals surface area contributed by atoms with Crippen molar-refractivity contribution >= 4 is 17.8 Å². The predicted molar refractivity (Wildman–Crippen MR) is 78.2 cm³/mol. The molecule has 7 nitrogen and oxygen atoms in total. The highest BCUT2D eigenvalue weighted by molar-refractivity contribution is 5.44. The van der Waals surface area contributed by atoms with E-state index in [2.05, 4.69) is 37.4 Å². The van der Waals surface area contributed by atoms with Crippen molar-refractivity contribution in [2.45, 2.75) is 19.8 Å². The van der Waals surface area contributed by atoms with Gasteiger partial charge in [0.2, 0.25) is 17.8 Å². The molecule has 110 valence electrons. The largest absolute Gasteiger partial charge is 0.378 e. The van der Waals surface area contributed by atoms with Gasteiger partial charge in [0.1, 0.15) is 0 Å². The highest BCUT2D eigenvalue weighted by atomic mass is 16.5. The maximum absolute atomic E-state index is 5.36. The van der Waals surface area contributed by atoms with E-state index in [0.717, 1.165) is 38.8 Å². The minimum atomic E-state index is 0.422. The lowest BCUT2D eigenvalue weighted by atomic mass is 10.1. The number of hydrogen-bond acceptors (Lipinski definition) is 7. The Hall–Kier alpha value is -1.63. The highest BCUT2D eigenvalue weighted by Gasteiger charge is 2.37. The summed E-state index contributed by atoms with van der Waals surface area (Å²) < 4.78 is 5.36. The van der Waals surface area contributed by atoms with E-state index in [1.165, 1.54) is 12.8 Å². The molecule has 1 saturated heterocycles. The van der Waals surface area contributed by atoms with Crippen molar-refractivity contribution in [2.24, 2.45) is 5.41 Å². The van der Waals surface area contributed by atoms with Crippen LogP contribution in [-0.4, -0.2) is 54.8 Å². The second kappa shape index (κ2) is 5.40. The van der Waals surface area contributed by atoms with Gasteiger partial charge in [0.05, 0.1) is 13.2 Å². The van der Waals surface area contributed by atoms with Gasteiger partial charge in [0.15, 0.2) is 0 Å². The number of hydrogen-bond donors (Lipinski definition) is 2. The lowest BCUT2D eigenvalue weighted by Gasteiger charge is -2.27. The van der Waals surface area contributed by atoms with Crippen LogP contribution in [0.25, 0.3) is 0 Å². The molecule has 1 aromatic rings. The van der Waals surface area contributed by atoms with Gasteiger partial charge < -0.3 is 20.3 Å². The number of nitrogens with zero attached hydrogens (tertiary/aromatic N) is 4. The molecule has 1 aliphatic heterocycles. The summed E-state index contributed by atoms with van der Waals surface area (Å²) in [7, 11) is 1.82. The Morgan fingerprint density at radius 3 is 2.50 bits per heavy atom. The summed E-state index contributed by atoms with van der Waals surface area (Å²) in [5.41, 5.74) is 0.422. The molecule has 1 saturated carbocycles. The smallest absolute Gasteiger partial charge is 0.232 e. The maximum atomic E-state index is 5.36. The minimum Gasteiger partial charge on any atom is -0.378 e. The molecule has 2 N–H and O–H groups in total. The lowest BCUT2D eigenvalue weighted by Crippen LogP contribution is -2.37. The molecule has 2 fully saturated rings. The van der Waals surface area contributed by atoms with Crippen LogP contribution in [0.4, 0.5) is 17.8 Å². The van der Waals surface area contributed by atoms with Gasteiger partial charge in [-0.2, -0.15) is 15.0 Å². The second-order valence-corrected chi connectivity index (χ2v) is 5.80. The van der Waals surface area contributed by atoms with Crippen LogP contribution in [0, 0.1) is 5.41 Å². The summed E-state index contributed by atoms with van der Waals surface area (Å²) in [6, 6.07) is 0. The molecule has 0 radical (unpaired) electrons. The molecule has 0 bridgehead atoms. The molecule has 1 aromatic heterocycles. The molecule has 0 atom stereocenters. The van der Waals surface area contributed by atoms with Crippen molar-refractivity contribution in [1.29, 1.82) is 0 Å². The Kier molecular flexibility index (Phi) is 3.60. The van der Waals surface area contributed by atoms with Crippen LogP contribution in [0.2, 0.25) is 0 Å². The van der Waals surface area contributed by atoms with Crippen molar-refractivity contribution in [2.75, 3.05) is 55.4 Å². The molecular weight excluding hydrogens is 256 g/mol. The number of morpholine rings is 1. The normalized spacial score (nSPS) is 20.6. The first kappa shape index (κ1) is 13.4. The van der Waals surface area contributed by atoms with E-state index >= 15 is 0 Å². The topological polar surface area (TPSA) is 75.2 Å². The van der Waals surface area contributed by atoms with Gasteiger partial charge in [-0.15, -0.1) is 0 Å². The van der Waals surface area contributed by atoms with E-state index in [-0.39, 0.29) is 0 Å². The van der Waals surface area contributed by atoms with Crippen LogP contribution in [0.3, 0.4) is 0 Å². The second-order valence-electron chi connectivity index (χ2n) is 5.80.